The number of esters is 1. The van der Waals surface area contributed by atoms with Gasteiger partial charge in [0.05, 0.1) is 0 Å². The van der Waals surface area contributed by atoms with Crippen molar-refractivity contribution in [2.45, 2.75) is 19.8 Å². The molecule has 0 atom stereocenters. The molecule has 0 saturated carbocycles. The smallest absolute Gasteiger partial charge is 0.302 e. The van der Waals surface area contributed by atoms with Gasteiger partial charge in [0, 0.05) is 25.6 Å². The number of pyridine rings is 1. The number of aromatic nitrogens is 1. The summed E-state index contributed by atoms with van der Waals surface area (Å²) in [6.45, 7) is 4.31. The number of likely N-dealkylation sites (tertiary alicyclic amines) is 1. The Morgan fingerprint density at radius 2 is 2.10 bits per heavy atom. The first-order valence-corrected chi connectivity index (χ1v) is 6.98. The minimum absolute atomic E-state index is 0.0647. The standard InChI is InChI=1S/C15H20N2O3/c1-12(18)20-11-10-17-8-5-13(6-9-17)15(19)14-4-2-3-7-16-14/h2-4,7,13H,5-6,8-11H2,1H3. The number of piperidine rings is 1. The Morgan fingerprint density at radius 3 is 2.70 bits per heavy atom. The molecule has 1 saturated heterocycles. The van der Waals surface area contributed by atoms with E-state index in [1.165, 1.54) is 6.92 Å². The van der Waals surface area contributed by atoms with Crippen LogP contribution in [0.3, 0.4) is 0 Å². The summed E-state index contributed by atoms with van der Waals surface area (Å²) in [5.41, 5.74) is 0.561. The molecule has 0 radical (unpaired) electrons. The summed E-state index contributed by atoms with van der Waals surface area (Å²) in [5, 5.41) is 0. The lowest BCUT2D eigenvalue weighted by atomic mass is 9.91. The molecular weight excluding hydrogens is 256 g/mol. The lowest BCUT2D eigenvalue weighted by Gasteiger charge is -2.30. The summed E-state index contributed by atoms with van der Waals surface area (Å²) >= 11 is 0. The van der Waals surface area contributed by atoms with Gasteiger partial charge in [0.15, 0.2) is 5.78 Å². The number of carbonyl (C=O) groups excluding carboxylic acids is 2. The Kier molecular flexibility index (Phi) is 5.24. The molecule has 0 bridgehead atoms. The van der Waals surface area contributed by atoms with Crippen LogP contribution < -0.4 is 0 Å². The van der Waals surface area contributed by atoms with Gasteiger partial charge in [-0.25, -0.2) is 0 Å². The van der Waals surface area contributed by atoms with Crippen molar-refractivity contribution in [1.29, 1.82) is 0 Å². The lowest BCUT2D eigenvalue weighted by molar-refractivity contribution is -0.141. The molecule has 1 aliphatic heterocycles. The Morgan fingerprint density at radius 1 is 1.35 bits per heavy atom. The fourth-order valence-corrected chi connectivity index (χ4v) is 2.45. The average Bonchev–Trinajstić information content (AvgIpc) is 2.48. The predicted octanol–water partition coefficient (Wildman–Crippen LogP) is 1.54. The van der Waals surface area contributed by atoms with E-state index in [4.69, 9.17) is 4.74 Å². The van der Waals surface area contributed by atoms with E-state index in [-0.39, 0.29) is 17.7 Å². The summed E-state index contributed by atoms with van der Waals surface area (Å²) in [7, 11) is 0. The molecule has 0 amide bonds. The van der Waals surface area contributed by atoms with Crippen molar-refractivity contribution in [3.05, 3.63) is 30.1 Å². The van der Waals surface area contributed by atoms with Crippen molar-refractivity contribution in [3.63, 3.8) is 0 Å². The Hall–Kier alpha value is -1.75. The first kappa shape index (κ1) is 14.7. The summed E-state index contributed by atoms with van der Waals surface area (Å²) in [6, 6.07) is 5.43. The maximum atomic E-state index is 12.3. The van der Waals surface area contributed by atoms with E-state index in [9.17, 15) is 9.59 Å². The number of hydrogen-bond donors (Lipinski definition) is 0. The summed E-state index contributed by atoms with van der Waals surface area (Å²) in [5.74, 6) is -0.0367. The van der Waals surface area contributed by atoms with Gasteiger partial charge in [0.25, 0.3) is 0 Å². The molecule has 1 fully saturated rings. The van der Waals surface area contributed by atoms with E-state index in [1.54, 1.807) is 12.3 Å². The molecule has 2 rings (SSSR count). The van der Waals surface area contributed by atoms with Gasteiger partial charge in [-0.3, -0.25) is 19.5 Å². The molecule has 20 heavy (non-hydrogen) atoms. The zero-order chi connectivity index (χ0) is 14.4. The SMILES string of the molecule is CC(=O)OCCN1CCC(C(=O)c2ccccn2)CC1. The molecule has 5 nitrogen and oxygen atoms in total. The van der Waals surface area contributed by atoms with Crippen LogP contribution in [0, 0.1) is 5.92 Å². The van der Waals surface area contributed by atoms with Gasteiger partial charge in [-0.05, 0) is 38.1 Å². The van der Waals surface area contributed by atoms with Crippen LogP contribution in [0.1, 0.15) is 30.3 Å². The van der Waals surface area contributed by atoms with Crippen LogP contribution in [-0.4, -0.2) is 47.9 Å². The van der Waals surface area contributed by atoms with E-state index in [0.717, 1.165) is 32.5 Å². The van der Waals surface area contributed by atoms with Gasteiger partial charge in [-0.2, -0.15) is 0 Å². The number of nitrogens with zero attached hydrogens (tertiary/aromatic N) is 2. The van der Waals surface area contributed by atoms with E-state index in [0.29, 0.717) is 12.3 Å². The van der Waals surface area contributed by atoms with E-state index in [2.05, 4.69) is 9.88 Å². The second-order valence-corrected chi connectivity index (χ2v) is 5.04. The second kappa shape index (κ2) is 7.14. The number of carbonyl (C=O) groups is 2. The first-order chi connectivity index (χ1) is 9.66. The highest BCUT2D eigenvalue weighted by Crippen LogP contribution is 2.20. The quantitative estimate of drug-likeness (QED) is 0.603. The van der Waals surface area contributed by atoms with Crippen molar-refractivity contribution >= 4 is 11.8 Å². The van der Waals surface area contributed by atoms with Gasteiger partial charge in [-0.1, -0.05) is 6.07 Å². The topological polar surface area (TPSA) is 59.5 Å². The fraction of sp³-hybridized carbons (Fsp3) is 0.533. The molecule has 0 unspecified atom stereocenters. The summed E-state index contributed by atoms with van der Waals surface area (Å²) in [6.07, 6.45) is 3.34. The van der Waals surface area contributed by atoms with Crippen LogP contribution in [0.15, 0.2) is 24.4 Å². The minimum atomic E-state index is -0.245. The van der Waals surface area contributed by atoms with Crippen LogP contribution in [0.5, 0.6) is 0 Å². The molecule has 0 aliphatic carbocycles. The zero-order valence-electron chi connectivity index (χ0n) is 11.7. The Bertz CT molecular complexity index is 453. The van der Waals surface area contributed by atoms with Crippen LogP contribution in [0.2, 0.25) is 0 Å². The second-order valence-electron chi connectivity index (χ2n) is 5.04. The van der Waals surface area contributed by atoms with E-state index in [1.807, 2.05) is 12.1 Å². The maximum Gasteiger partial charge on any atom is 0.302 e. The summed E-state index contributed by atoms with van der Waals surface area (Å²) in [4.78, 5) is 29.3. The van der Waals surface area contributed by atoms with Gasteiger partial charge in [0.2, 0.25) is 0 Å². The third kappa shape index (κ3) is 4.13. The highest BCUT2D eigenvalue weighted by atomic mass is 16.5. The molecule has 2 heterocycles. The van der Waals surface area contributed by atoms with Crippen molar-refractivity contribution in [1.82, 2.24) is 9.88 Å². The van der Waals surface area contributed by atoms with Crippen molar-refractivity contribution in [2.24, 2.45) is 5.92 Å². The molecule has 1 aliphatic rings. The van der Waals surface area contributed by atoms with E-state index < -0.39 is 0 Å². The summed E-state index contributed by atoms with van der Waals surface area (Å²) < 4.78 is 4.93. The molecule has 0 N–H and O–H groups in total. The Labute approximate surface area is 118 Å². The van der Waals surface area contributed by atoms with Gasteiger partial charge < -0.3 is 4.74 Å². The van der Waals surface area contributed by atoms with Crippen LogP contribution in [-0.2, 0) is 9.53 Å². The number of ketones is 1. The normalized spacial score (nSPS) is 16.9. The molecule has 0 spiro atoms. The average molecular weight is 276 g/mol. The highest BCUT2D eigenvalue weighted by Gasteiger charge is 2.26. The number of hydrogen-bond acceptors (Lipinski definition) is 5. The molecule has 5 heteroatoms. The van der Waals surface area contributed by atoms with Crippen molar-refractivity contribution in [2.75, 3.05) is 26.2 Å². The molecule has 0 aromatic carbocycles. The Balaban J connectivity index is 1.77. The molecular formula is C15H20N2O3. The third-order valence-corrected chi connectivity index (χ3v) is 3.59. The van der Waals surface area contributed by atoms with Crippen molar-refractivity contribution < 1.29 is 14.3 Å². The number of Topliss-reactive ketones (excluding diaryl/α,β-unsaturated/α-hetero) is 1. The number of ether oxygens (including phenoxy) is 1. The van der Waals surface area contributed by atoms with Crippen molar-refractivity contribution in [3.8, 4) is 0 Å². The number of rotatable bonds is 5. The predicted molar refractivity (Wildman–Crippen MR) is 74.4 cm³/mol. The minimum Gasteiger partial charge on any atom is -0.465 e. The van der Waals surface area contributed by atoms with Crippen LogP contribution >= 0.6 is 0 Å². The highest BCUT2D eigenvalue weighted by molar-refractivity contribution is 5.96. The van der Waals surface area contributed by atoms with E-state index >= 15 is 0 Å². The third-order valence-electron chi connectivity index (χ3n) is 3.59. The zero-order valence-corrected chi connectivity index (χ0v) is 11.7. The first-order valence-electron chi connectivity index (χ1n) is 6.98. The molecule has 1 aromatic heterocycles. The fourth-order valence-electron chi connectivity index (χ4n) is 2.45. The van der Waals surface area contributed by atoms with Crippen LogP contribution in [0.4, 0.5) is 0 Å². The maximum absolute atomic E-state index is 12.3. The van der Waals surface area contributed by atoms with Gasteiger partial charge in [0.1, 0.15) is 12.3 Å². The molecule has 1 aromatic rings. The monoisotopic (exact) mass is 276 g/mol. The van der Waals surface area contributed by atoms with Crippen LogP contribution in [0.25, 0.3) is 0 Å². The lowest BCUT2D eigenvalue weighted by Crippen LogP contribution is -2.38. The van der Waals surface area contributed by atoms with Gasteiger partial charge >= 0.3 is 5.97 Å². The molecule has 108 valence electrons. The van der Waals surface area contributed by atoms with Gasteiger partial charge in [-0.15, -0.1) is 0 Å². The largest absolute Gasteiger partial charge is 0.465 e.